The van der Waals surface area contributed by atoms with Crippen LogP contribution in [0.1, 0.15) is 0 Å². The highest BCUT2D eigenvalue weighted by Gasteiger charge is 2.11. The molecule has 0 N–H and O–H groups in total. The lowest BCUT2D eigenvalue weighted by atomic mass is 10.3. The zero-order chi connectivity index (χ0) is 16.3. The van der Waals surface area contributed by atoms with E-state index >= 15 is 0 Å². The van der Waals surface area contributed by atoms with Gasteiger partial charge in [0.15, 0.2) is 0 Å². The molecule has 2 aromatic carbocycles. The highest BCUT2D eigenvalue weighted by atomic mass is 35.5. The Labute approximate surface area is 166 Å². The molecule has 0 unspecified atom stereocenters. The summed E-state index contributed by atoms with van der Waals surface area (Å²) in [5.74, 6) is 0. The van der Waals surface area contributed by atoms with Crippen molar-refractivity contribution in [3.8, 4) is 0 Å². The van der Waals surface area contributed by atoms with Gasteiger partial charge in [0.05, 0.1) is 45.2 Å². The highest BCUT2D eigenvalue weighted by molar-refractivity contribution is 6.54. The van der Waals surface area contributed by atoms with E-state index < -0.39 is 0 Å². The van der Waals surface area contributed by atoms with E-state index in [9.17, 15) is 0 Å². The molecule has 0 aliphatic rings. The van der Waals surface area contributed by atoms with Crippen molar-refractivity contribution < 1.29 is 0 Å². The average molecular weight is 466 g/mol. The van der Waals surface area contributed by atoms with E-state index in [4.69, 9.17) is 104 Å². The van der Waals surface area contributed by atoms with Crippen LogP contribution in [0.15, 0.2) is 18.2 Å². The minimum Gasteiger partial charge on any atom is -0.0827 e. The van der Waals surface area contributed by atoms with Gasteiger partial charge in [0.1, 0.15) is 0 Å². The van der Waals surface area contributed by atoms with Crippen molar-refractivity contribution in [3.05, 3.63) is 63.4 Å². The molecular weight excluding hydrogens is 463 g/mol. The number of benzene rings is 2. The second-order valence-corrected chi connectivity index (χ2v) is 6.96. The molecule has 0 heterocycles. The van der Waals surface area contributed by atoms with E-state index in [-0.39, 0.29) is 15.1 Å². The van der Waals surface area contributed by atoms with Crippen molar-refractivity contribution in [2.75, 3.05) is 0 Å². The Morgan fingerprint density at radius 3 is 1.00 bits per heavy atom. The Balaban J connectivity index is 0.000000211. The first kappa shape index (κ1) is 20.1. The third kappa shape index (κ3) is 5.28. The summed E-state index contributed by atoms with van der Waals surface area (Å²) in [6, 6.07) is 4.63. The summed E-state index contributed by atoms with van der Waals surface area (Å²) in [6.45, 7) is 0. The van der Waals surface area contributed by atoms with Crippen LogP contribution < -0.4 is 0 Å². The topological polar surface area (TPSA) is 0 Å². The summed E-state index contributed by atoms with van der Waals surface area (Å²) in [7, 11) is 0. The summed E-state index contributed by atoms with van der Waals surface area (Å²) >= 11 is 50.7. The number of halogens is 9. The van der Waals surface area contributed by atoms with Crippen LogP contribution in [0, 0.1) is 0 Å². The Morgan fingerprint density at radius 1 is 0.381 bits per heavy atom. The molecule has 114 valence electrons. The molecular formula is C12H3Cl9. The molecule has 0 amide bonds. The fraction of sp³-hybridized carbons (Fsp3) is 0. The van der Waals surface area contributed by atoms with Gasteiger partial charge in [-0.25, -0.2) is 0 Å². The molecule has 0 aliphatic carbocycles. The van der Waals surface area contributed by atoms with Crippen molar-refractivity contribution in [2.24, 2.45) is 0 Å². The van der Waals surface area contributed by atoms with E-state index in [1.807, 2.05) is 0 Å². The molecule has 0 spiro atoms. The SMILES string of the molecule is Clc1cc(Cl)c(Cl)c(Cl)c1Cl.Clc1ccc(Cl)c(Cl)c1Cl. The zero-order valence-corrected chi connectivity index (χ0v) is 16.4. The fourth-order valence-corrected chi connectivity index (χ4v) is 2.90. The van der Waals surface area contributed by atoms with E-state index in [0.717, 1.165) is 0 Å². The molecule has 0 saturated heterocycles. The molecule has 9 heteroatoms. The monoisotopic (exact) mass is 462 g/mol. The first-order valence-corrected chi connectivity index (χ1v) is 8.34. The average Bonchev–Trinajstić information content (AvgIpc) is 2.45. The summed E-state index contributed by atoms with van der Waals surface area (Å²) in [4.78, 5) is 0. The maximum atomic E-state index is 5.66. The molecule has 0 aromatic heterocycles. The molecule has 2 aromatic rings. The van der Waals surface area contributed by atoms with Gasteiger partial charge in [-0.3, -0.25) is 0 Å². The predicted molar refractivity (Wildman–Crippen MR) is 98.0 cm³/mol. The summed E-state index contributed by atoms with van der Waals surface area (Å²) in [5, 5.41) is 2.66. The van der Waals surface area contributed by atoms with Crippen molar-refractivity contribution in [2.45, 2.75) is 0 Å². The summed E-state index contributed by atoms with van der Waals surface area (Å²) in [5.41, 5.74) is 0. The third-order valence-electron chi connectivity index (χ3n) is 2.05. The lowest BCUT2D eigenvalue weighted by Crippen LogP contribution is -1.75. The molecule has 0 radical (unpaired) electrons. The summed E-state index contributed by atoms with van der Waals surface area (Å²) in [6.07, 6.45) is 0. The second-order valence-electron chi connectivity index (χ2n) is 3.44. The van der Waals surface area contributed by atoms with Crippen LogP contribution in [0.25, 0.3) is 0 Å². The Bertz CT molecular complexity index is 613. The quantitative estimate of drug-likeness (QED) is 0.268. The van der Waals surface area contributed by atoms with E-state index in [2.05, 4.69) is 0 Å². The molecule has 2 rings (SSSR count). The first-order chi connectivity index (χ1) is 9.66. The van der Waals surface area contributed by atoms with Crippen molar-refractivity contribution >= 4 is 104 Å². The van der Waals surface area contributed by atoms with E-state index in [1.54, 1.807) is 12.1 Å². The molecule has 21 heavy (non-hydrogen) atoms. The van der Waals surface area contributed by atoms with Crippen LogP contribution in [0.5, 0.6) is 0 Å². The second kappa shape index (κ2) is 8.78. The minimum atomic E-state index is 0.186. The van der Waals surface area contributed by atoms with Crippen LogP contribution in [-0.4, -0.2) is 0 Å². The lowest BCUT2D eigenvalue weighted by molar-refractivity contribution is 1.70. The largest absolute Gasteiger partial charge is 0.0827 e. The van der Waals surface area contributed by atoms with E-state index in [0.29, 0.717) is 30.1 Å². The molecule has 0 saturated carbocycles. The molecule has 0 nitrogen and oxygen atoms in total. The number of rotatable bonds is 0. The zero-order valence-electron chi connectivity index (χ0n) is 9.63. The van der Waals surface area contributed by atoms with Gasteiger partial charge in [-0.15, -0.1) is 0 Å². The van der Waals surface area contributed by atoms with Crippen LogP contribution in [0.2, 0.25) is 45.2 Å². The Kier molecular flexibility index (Phi) is 8.40. The van der Waals surface area contributed by atoms with Gasteiger partial charge in [0.2, 0.25) is 0 Å². The number of hydrogen-bond acceptors (Lipinski definition) is 0. The maximum Gasteiger partial charge on any atom is 0.0808 e. The van der Waals surface area contributed by atoms with Crippen molar-refractivity contribution in [1.82, 2.24) is 0 Å². The minimum absolute atomic E-state index is 0.186. The van der Waals surface area contributed by atoms with Gasteiger partial charge in [-0.2, -0.15) is 0 Å². The van der Waals surface area contributed by atoms with Gasteiger partial charge in [0, 0.05) is 0 Å². The van der Waals surface area contributed by atoms with Crippen molar-refractivity contribution in [1.29, 1.82) is 0 Å². The Morgan fingerprint density at radius 2 is 0.667 bits per heavy atom. The van der Waals surface area contributed by atoms with Gasteiger partial charge in [-0.1, -0.05) is 104 Å². The smallest absolute Gasteiger partial charge is 0.0808 e. The standard InChI is InChI=1S/C6HCl5.C6H2Cl4/c7-2-1-3(8)5(10)6(11)4(2)9;7-3-1-2-4(8)6(10)5(3)9/h1H;1-2H. The van der Waals surface area contributed by atoms with Crippen molar-refractivity contribution in [3.63, 3.8) is 0 Å². The van der Waals surface area contributed by atoms with Crippen LogP contribution in [0.3, 0.4) is 0 Å². The maximum absolute atomic E-state index is 5.66. The number of hydrogen-bond donors (Lipinski definition) is 0. The van der Waals surface area contributed by atoms with Gasteiger partial charge in [-0.05, 0) is 18.2 Å². The highest BCUT2D eigenvalue weighted by Crippen LogP contribution is 2.40. The Hall–Kier alpha value is 1.05. The molecule has 0 aliphatic heterocycles. The molecule has 0 fully saturated rings. The van der Waals surface area contributed by atoms with Crippen LogP contribution >= 0.6 is 104 Å². The lowest BCUT2D eigenvalue weighted by Gasteiger charge is -2.02. The molecule has 0 atom stereocenters. The summed E-state index contributed by atoms with van der Waals surface area (Å²) < 4.78 is 0. The third-order valence-corrected chi connectivity index (χ3v) is 5.90. The van der Waals surface area contributed by atoms with Crippen LogP contribution in [0.4, 0.5) is 0 Å². The molecule has 0 bridgehead atoms. The fourth-order valence-electron chi connectivity index (χ4n) is 1.05. The van der Waals surface area contributed by atoms with E-state index in [1.165, 1.54) is 6.07 Å². The normalized spacial score (nSPS) is 10.1. The van der Waals surface area contributed by atoms with Crippen LogP contribution in [-0.2, 0) is 0 Å². The van der Waals surface area contributed by atoms with Gasteiger partial charge in [0.25, 0.3) is 0 Å². The van der Waals surface area contributed by atoms with Gasteiger partial charge < -0.3 is 0 Å². The first-order valence-electron chi connectivity index (χ1n) is 4.94. The van der Waals surface area contributed by atoms with Gasteiger partial charge >= 0.3 is 0 Å². The predicted octanol–water partition coefficient (Wildman–Crippen LogP) is 9.25.